The summed E-state index contributed by atoms with van der Waals surface area (Å²) in [4.78, 5) is 53.2. The normalized spacial score (nSPS) is 18.5. The first-order chi connectivity index (χ1) is 15.3. The topological polar surface area (TPSA) is 125 Å². The number of aliphatic hydroxyl groups is 1. The number of nitrogens with zero attached hydrogens (tertiary/aromatic N) is 2. The quantitative estimate of drug-likeness (QED) is 0.294. The standard InChI is InChI=1S/C23H18N2O7/c1-3-23(30)16-7-18-20-12(8-25(18)21(28)15(16)10-31-22(23)29)6-13-14(9-26)19(32-11(2)27)5-4-17(13)24-20/h4-7,9,30H,3,8,10H2,1-2H3/t23-/m0/s1. The lowest BCUT2D eigenvalue weighted by Gasteiger charge is -2.31. The van der Waals surface area contributed by atoms with Crippen LogP contribution in [-0.4, -0.2) is 32.9 Å². The van der Waals surface area contributed by atoms with Crippen molar-refractivity contribution < 1.29 is 29.0 Å². The number of carbonyl (C=O) groups excluding carboxylic acids is 3. The van der Waals surface area contributed by atoms with Gasteiger partial charge < -0.3 is 19.1 Å². The van der Waals surface area contributed by atoms with Gasteiger partial charge in [-0.2, -0.15) is 0 Å². The number of hydrogen-bond donors (Lipinski definition) is 1. The van der Waals surface area contributed by atoms with E-state index < -0.39 is 17.5 Å². The maximum Gasteiger partial charge on any atom is 0.343 e. The molecule has 2 aliphatic rings. The van der Waals surface area contributed by atoms with Crippen LogP contribution in [0.3, 0.4) is 0 Å². The summed E-state index contributed by atoms with van der Waals surface area (Å²) in [7, 11) is 0. The van der Waals surface area contributed by atoms with Crippen LogP contribution in [0.5, 0.6) is 5.75 Å². The summed E-state index contributed by atoms with van der Waals surface area (Å²) in [5, 5.41) is 11.4. The van der Waals surface area contributed by atoms with E-state index in [1.54, 1.807) is 25.1 Å². The number of hydrogen-bond acceptors (Lipinski definition) is 8. The van der Waals surface area contributed by atoms with E-state index in [-0.39, 0.29) is 47.6 Å². The first-order valence-corrected chi connectivity index (χ1v) is 10.1. The second-order valence-corrected chi connectivity index (χ2v) is 7.85. The Morgan fingerprint density at radius 1 is 1.34 bits per heavy atom. The molecule has 0 aliphatic carbocycles. The van der Waals surface area contributed by atoms with Gasteiger partial charge in [-0.05, 0) is 30.7 Å². The molecule has 0 saturated heterocycles. The number of fused-ring (bicyclic) bond motifs is 5. The van der Waals surface area contributed by atoms with E-state index in [1.165, 1.54) is 17.6 Å². The van der Waals surface area contributed by atoms with Gasteiger partial charge in [-0.25, -0.2) is 9.78 Å². The average Bonchev–Trinajstić information content (AvgIpc) is 3.13. The van der Waals surface area contributed by atoms with Crippen molar-refractivity contribution in [3.63, 3.8) is 0 Å². The predicted octanol–water partition coefficient (Wildman–Crippen LogP) is 1.82. The lowest BCUT2D eigenvalue weighted by molar-refractivity contribution is -0.172. The van der Waals surface area contributed by atoms with Crippen LogP contribution in [0.2, 0.25) is 0 Å². The summed E-state index contributed by atoms with van der Waals surface area (Å²) in [5.41, 5.74) is 0.562. The number of aromatic nitrogens is 2. The van der Waals surface area contributed by atoms with Gasteiger partial charge in [-0.1, -0.05) is 6.92 Å². The molecule has 0 unspecified atom stereocenters. The number of cyclic esters (lactones) is 1. The Kier molecular flexibility index (Phi) is 4.28. The monoisotopic (exact) mass is 434 g/mol. The van der Waals surface area contributed by atoms with Crippen LogP contribution in [0.1, 0.15) is 47.3 Å². The third-order valence-electron chi connectivity index (χ3n) is 6.06. The number of benzene rings is 1. The van der Waals surface area contributed by atoms with E-state index in [0.29, 0.717) is 34.1 Å². The second kappa shape index (κ2) is 6.83. The molecule has 2 aromatic heterocycles. The van der Waals surface area contributed by atoms with E-state index in [1.807, 2.05) is 0 Å². The number of rotatable bonds is 3. The van der Waals surface area contributed by atoms with Gasteiger partial charge in [0.05, 0.1) is 34.6 Å². The maximum atomic E-state index is 13.2. The highest BCUT2D eigenvalue weighted by atomic mass is 16.6. The molecule has 0 bridgehead atoms. The van der Waals surface area contributed by atoms with Crippen molar-refractivity contribution in [3.05, 3.63) is 56.9 Å². The molecule has 1 atom stereocenters. The van der Waals surface area contributed by atoms with Crippen molar-refractivity contribution in [2.24, 2.45) is 0 Å². The molecule has 0 amide bonds. The van der Waals surface area contributed by atoms with Gasteiger partial charge in [0.1, 0.15) is 12.4 Å². The summed E-state index contributed by atoms with van der Waals surface area (Å²) in [6, 6.07) is 6.49. The molecule has 1 N–H and O–H groups in total. The molecule has 9 heteroatoms. The molecule has 3 aromatic rings. The number of pyridine rings is 2. The van der Waals surface area contributed by atoms with Gasteiger partial charge in [-0.15, -0.1) is 0 Å². The fourth-order valence-electron chi connectivity index (χ4n) is 4.42. The molecule has 0 fully saturated rings. The summed E-state index contributed by atoms with van der Waals surface area (Å²) >= 11 is 0. The fourth-order valence-corrected chi connectivity index (χ4v) is 4.42. The van der Waals surface area contributed by atoms with Crippen molar-refractivity contribution in [1.82, 2.24) is 9.55 Å². The minimum Gasteiger partial charge on any atom is -0.458 e. The largest absolute Gasteiger partial charge is 0.458 e. The van der Waals surface area contributed by atoms with Crippen LogP contribution in [0, 0.1) is 0 Å². The van der Waals surface area contributed by atoms with Crippen molar-refractivity contribution in [2.75, 3.05) is 0 Å². The van der Waals surface area contributed by atoms with Crippen molar-refractivity contribution in [1.29, 1.82) is 0 Å². The van der Waals surface area contributed by atoms with E-state index in [9.17, 15) is 24.3 Å². The molecular weight excluding hydrogens is 416 g/mol. The van der Waals surface area contributed by atoms with Crippen molar-refractivity contribution >= 4 is 29.1 Å². The average molecular weight is 434 g/mol. The smallest absolute Gasteiger partial charge is 0.343 e. The number of carbonyl (C=O) groups is 3. The van der Waals surface area contributed by atoms with Crippen LogP contribution >= 0.6 is 0 Å². The SMILES string of the molecule is CC[C@@]1(O)C(=O)OCc2c1cc1n(c2=O)Cc2cc3c(C=O)c(OC(C)=O)ccc3nc2-1. The Balaban J connectivity index is 1.74. The van der Waals surface area contributed by atoms with Crippen molar-refractivity contribution in [3.8, 4) is 17.1 Å². The van der Waals surface area contributed by atoms with Gasteiger partial charge >= 0.3 is 11.9 Å². The van der Waals surface area contributed by atoms with Crippen LogP contribution in [0.25, 0.3) is 22.3 Å². The predicted molar refractivity (Wildman–Crippen MR) is 111 cm³/mol. The molecule has 32 heavy (non-hydrogen) atoms. The van der Waals surface area contributed by atoms with Crippen LogP contribution in [0.15, 0.2) is 29.1 Å². The molecule has 0 spiro atoms. The van der Waals surface area contributed by atoms with E-state index >= 15 is 0 Å². The van der Waals surface area contributed by atoms with E-state index in [4.69, 9.17) is 9.47 Å². The van der Waals surface area contributed by atoms with Gasteiger partial charge in [0.15, 0.2) is 11.9 Å². The fraction of sp³-hybridized carbons (Fsp3) is 0.261. The molecule has 162 valence electrons. The van der Waals surface area contributed by atoms with Gasteiger partial charge in [-0.3, -0.25) is 14.4 Å². The van der Waals surface area contributed by atoms with E-state index in [0.717, 1.165) is 0 Å². The maximum absolute atomic E-state index is 13.2. The highest BCUT2D eigenvalue weighted by Gasteiger charge is 2.45. The van der Waals surface area contributed by atoms with Gasteiger partial charge in [0.2, 0.25) is 0 Å². The molecular formula is C23H18N2O7. The second-order valence-electron chi connectivity index (χ2n) is 7.85. The first-order valence-electron chi connectivity index (χ1n) is 10.1. The molecule has 1 aromatic carbocycles. The number of esters is 2. The summed E-state index contributed by atoms with van der Waals surface area (Å²) in [6.45, 7) is 2.88. The van der Waals surface area contributed by atoms with Crippen LogP contribution in [0.4, 0.5) is 0 Å². The minimum absolute atomic E-state index is 0.0569. The van der Waals surface area contributed by atoms with Crippen molar-refractivity contribution in [2.45, 2.75) is 39.0 Å². The van der Waals surface area contributed by atoms with Crippen LogP contribution in [-0.2, 0) is 33.1 Å². The lowest BCUT2D eigenvalue weighted by Crippen LogP contribution is -2.44. The lowest BCUT2D eigenvalue weighted by atomic mass is 9.86. The third-order valence-corrected chi connectivity index (χ3v) is 6.06. The molecule has 9 nitrogen and oxygen atoms in total. The summed E-state index contributed by atoms with van der Waals surface area (Å²) in [6.07, 6.45) is 0.660. The Morgan fingerprint density at radius 3 is 2.81 bits per heavy atom. The summed E-state index contributed by atoms with van der Waals surface area (Å²) < 4.78 is 11.7. The minimum atomic E-state index is -1.90. The first kappa shape index (κ1) is 20.1. The third kappa shape index (κ3) is 2.64. The number of aldehydes is 1. The molecule has 4 heterocycles. The zero-order chi connectivity index (χ0) is 22.8. The molecule has 5 rings (SSSR count). The Hall–Kier alpha value is -3.85. The summed E-state index contributed by atoms with van der Waals surface area (Å²) in [5.74, 6) is -1.20. The zero-order valence-corrected chi connectivity index (χ0v) is 17.3. The Bertz CT molecular complexity index is 1420. The van der Waals surface area contributed by atoms with Crippen LogP contribution < -0.4 is 10.3 Å². The van der Waals surface area contributed by atoms with E-state index in [2.05, 4.69) is 4.98 Å². The highest BCUT2D eigenvalue weighted by molar-refractivity contribution is 6.01. The van der Waals surface area contributed by atoms with Gasteiger partial charge in [0, 0.05) is 23.4 Å². The van der Waals surface area contributed by atoms with Gasteiger partial charge in [0.25, 0.3) is 5.56 Å². The number of ether oxygens (including phenoxy) is 2. The molecule has 0 radical (unpaired) electrons. The zero-order valence-electron chi connectivity index (χ0n) is 17.3. The molecule has 2 aliphatic heterocycles. The molecule has 0 saturated carbocycles. The Morgan fingerprint density at radius 2 is 2.12 bits per heavy atom. The Labute approximate surface area is 181 Å². The highest BCUT2D eigenvalue weighted by Crippen LogP contribution is 2.39.